The van der Waals surface area contributed by atoms with Gasteiger partial charge in [-0.1, -0.05) is 150 Å². The molecule has 7 nitrogen and oxygen atoms in total. The molecule has 1 aromatic heterocycles. The molecule has 0 saturated carbocycles. The minimum absolute atomic E-state index is 0.136. The zero-order valence-electron chi connectivity index (χ0n) is 31.8. The summed E-state index contributed by atoms with van der Waals surface area (Å²) in [5.41, 5.74) is 0.572. The quantitative estimate of drug-likeness (QED) is 0.0833. The number of hydrogen-bond acceptors (Lipinski definition) is 6. The summed E-state index contributed by atoms with van der Waals surface area (Å²) in [5, 5.41) is 11.1. The van der Waals surface area contributed by atoms with E-state index >= 15 is 0 Å². The lowest BCUT2D eigenvalue weighted by Crippen LogP contribution is -2.38. The van der Waals surface area contributed by atoms with E-state index in [-0.39, 0.29) is 16.7 Å². The molecule has 0 radical (unpaired) electrons. The minimum atomic E-state index is -0.159. The Kier molecular flexibility index (Phi) is 21.5. The molecule has 0 fully saturated rings. The van der Waals surface area contributed by atoms with Gasteiger partial charge in [-0.15, -0.1) is 10.2 Å². The summed E-state index contributed by atoms with van der Waals surface area (Å²) in [6, 6.07) is 7.67. The summed E-state index contributed by atoms with van der Waals surface area (Å²) in [4.78, 5) is 12.4. The Labute approximate surface area is 294 Å². The monoisotopic (exact) mass is 670 g/mol. The number of ether oxygens (including phenoxy) is 2. The van der Waals surface area contributed by atoms with E-state index in [1.807, 2.05) is 24.3 Å². The molecule has 0 aliphatic carbocycles. The van der Waals surface area contributed by atoms with Crippen molar-refractivity contribution in [2.24, 2.45) is 10.8 Å². The maximum Gasteiger partial charge on any atom is 0.247 e. The van der Waals surface area contributed by atoms with Gasteiger partial charge in [-0.25, -0.2) is 0 Å². The van der Waals surface area contributed by atoms with Crippen LogP contribution in [0.3, 0.4) is 0 Å². The molecule has 48 heavy (non-hydrogen) atoms. The molecule has 0 bridgehead atoms. The molecular weight excluding hydrogens is 598 g/mol. The van der Waals surface area contributed by atoms with Crippen molar-refractivity contribution >= 4 is 5.91 Å². The van der Waals surface area contributed by atoms with E-state index in [2.05, 4.69) is 50.1 Å². The van der Waals surface area contributed by atoms with Crippen molar-refractivity contribution in [2.45, 2.75) is 170 Å². The SMILES string of the molecule is CCCCCCCCCCCCCCCCCCCCCC(=O)NCC(C)(C)COCC(C)(C)COc1ccc(-c2nnc(C)o2)cc1. The van der Waals surface area contributed by atoms with E-state index in [1.165, 1.54) is 109 Å². The van der Waals surface area contributed by atoms with Crippen molar-refractivity contribution in [3.8, 4) is 17.2 Å². The third-order valence-corrected chi connectivity index (χ3v) is 9.01. The molecule has 0 aliphatic rings. The number of aromatic nitrogens is 2. The highest BCUT2D eigenvalue weighted by Crippen LogP contribution is 2.25. The van der Waals surface area contributed by atoms with Crippen LogP contribution >= 0.6 is 0 Å². The van der Waals surface area contributed by atoms with Gasteiger partial charge < -0.3 is 19.2 Å². The lowest BCUT2D eigenvalue weighted by molar-refractivity contribution is -0.121. The number of amides is 1. The van der Waals surface area contributed by atoms with Crippen LogP contribution < -0.4 is 10.1 Å². The number of unbranched alkanes of at least 4 members (excludes halogenated alkanes) is 18. The summed E-state index contributed by atoms with van der Waals surface area (Å²) in [7, 11) is 0. The average Bonchev–Trinajstić information content (AvgIpc) is 3.50. The van der Waals surface area contributed by atoms with Gasteiger partial charge in [-0.3, -0.25) is 4.79 Å². The molecule has 7 heteroatoms. The van der Waals surface area contributed by atoms with Crippen LogP contribution in [0.15, 0.2) is 28.7 Å². The Morgan fingerprint density at radius 2 is 1.15 bits per heavy atom. The highest BCUT2D eigenvalue weighted by molar-refractivity contribution is 5.75. The smallest absolute Gasteiger partial charge is 0.247 e. The van der Waals surface area contributed by atoms with Crippen LogP contribution in [0.25, 0.3) is 11.5 Å². The van der Waals surface area contributed by atoms with Crippen molar-refractivity contribution in [1.29, 1.82) is 0 Å². The number of hydrogen-bond donors (Lipinski definition) is 1. The first-order valence-corrected chi connectivity index (χ1v) is 19.5. The average molecular weight is 670 g/mol. The van der Waals surface area contributed by atoms with Crippen molar-refractivity contribution in [1.82, 2.24) is 15.5 Å². The molecule has 0 saturated heterocycles. The van der Waals surface area contributed by atoms with E-state index < -0.39 is 0 Å². The lowest BCUT2D eigenvalue weighted by Gasteiger charge is -2.29. The van der Waals surface area contributed by atoms with Crippen molar-refractivity contribution in [2.75, 3.05) is 26.4 Å². The van der Waals surface area contributed by atoms with Gasteiger partial charge in [0, 0.05) is 36.3 Å². The Morgan fingerprint density at radius 3 is 1.62 bits per heavy atom. The molecule has 1 N–H and O–H groups in total. The summed E-state index contributed by atoms with van der Waals surface area (Å²) >= 11 is 0. The van der Waals surface area contributed by atoms with E-state index in [0.29, 0.717) is 44.6 Å². The fraction of sp³-hybridized carbons (Fsp3) is 0.780. The first-order chi connectivity index (χ1) is 23.1. The molecule has 0 spiro atoms. The second-order valence-electron chi connectivity index (χ2n) is 15.7. The zero-order chi connectivity index (χ0) is 34.9. The van der Waals surface area contributed by atoms with Crippen LogP contribution in [-0.2, 0) is 9.53 Å². The van der Waals surface area contributed by atoms with Gasteiger partial charge in [0.25, 0.3) is 0 Å². The normalized spacial score (nSPS) is 12.0. The molecule has 0 aliphatic heterocycles. The maximum absolute atomic E-state index is 12.4. The van der Waals surface area contributed by atoms with Gasteiger partial charge in [-0.05, 0) is 30.7 Å². The molecule has 0 atom stereocenters. The first kappa shape index (κ1) is 41.8. The molecule has 0 unspecified atom stereocenters. The third kappa shape index (κ3) is 20.8. The van der Waals surface area contributed by atoms with Gasteiger partial charge >= 0.3 is 0 Å². The Bertz CT molecular complexity index is 1080. The van der Waals surface area contributed by atoms with Crippen LogP contribution in [0.2, 0.25) is 0 Å². The van der Waals surface area contributed by atoms with Gasteiger partial charge in [0.2, 0.25) is 17.7 Å². The minimum Gasteiger partial charge on any atom is -0.493 e. The van der Waals surface area contributed by atoms with Gasteiger partial charge in [0.15, 0.2) is 0 Å². The maximum atomic E-state index is 12.4. The van der Waals surface area contributed by atoms with Crippen LogP contribution in [-0.4, -0.2) is 42.5 Å². The fourth-order valence-electron chi connectivity index (χ4n) is 5.87. The van der Waals surface area contributed by atoms with Crippen LogP contribution in [0.4, 0.5) is 0 Å². The lowest BCUT2D eigenvalue weighted by atomic mass is 9.93. The zero-order valence-corrected chi connectivity index (χ0v) is 31.8. The number of nitrogens with one attached hydrogen (secondary N) is 1. The Morgan fingerprint density at radius 1 is 0.667 bits per heavy atom. The molecule has 1 aromatic carbocycles. The number of carbonyl (C=O) groups is 1. The van der Waals surface area contributed by atoms with E-state index in [1.54, 1.807) is 6.92 Å². The van der Waals surface area contributed by atoms with Crippen molar-refractivity contribution < 1.29 is 18.7 Å². The largest absolute Gasteiger partial charge is 0.493 e. The van der Waals surface area contributed by atoms with Crippen LogP contribution in [0, 0.1) is 17.8 Å². The van der Waals surface area contributed by atoms with Gasteiger partial charge in [0.1, 0.15) is 5.75 Å². The van der Waals surface area contributed by atoms with Crippen LogP contribution in [0.1, 0.15) is 169 Å². The summed E-state index contributed by atoms with van der Waals surface area (Å²) < 4.78 is 17.6. The highest BCUT2D eigenvalue weighted by Gasteiger charge is 2.24. The Hall–Kier alpha value is -2.41. The third-order valence-electron chi connectivity index (χ3n) is 9.01. The van der Waals surface area contributed by atoms with E-state index in [4.69, 9.17) is 13.9 Å². The summed E-state index contributed by atoms with van der Waals surface area (Å²) in [6.07, 6.45) is 26.5. The first-order valence-electron chi connectivity index (χ1n) is 19.5. The number of benzene rings is 1. The molecule has 2 rings (SSSR count). The molecule has 1 amide bonds. The molecule has 1 heterocycles. The Balaban J connectivity index is 1.40. The van der Waals surface area contributed by atoms with E-state index in [0.717, 1.165) is 24.2 Å². The highest BCUT2D eigenvalue weighted by atomic mass is 16.5. The van der Waals surface area contributed by atoms with Gasteiger partial charge in [-0.2, -0.15) is 0 Å². The second-order valence-corrected chi connectivity index (χ2v) is 15.7. The number of rotatable bonds is 30. The van der Waals surface area contributed by atoms with Crippen molar-refractivity contribution in [3.63, 3.8) is 0 Å². The molecule has 274 valence electrons. The summed E-state index contributed by atoms with van der Waals surface area (Å²) in [6.45, 7) is 14.9. The second kappa shape index (κ2) is 24.7. The van der Waals surface area contributed by atoms with Gasteiger partial charge in [0.05, 0.1) is 19.8 Å². The van der Waals surface area contributed by atoms with E-state index in [9.17, 15) is 4.79 Å². The molecular formula is C41H71N3O4. The van der Waals surface area contributed by atoms with Crippen LogP contribution in [0.5, 0.6) is 5.75 Å². The predicted octanol–water partition coefficient (Wildman–Crippen LogP) is 11.4. The number of nitrogens with zero attached hydrogens (tertiary/aromatic N) is 2. The topological polar surface area (TPSA) is 86.5 Å². The predicted molar refractivity (Wildman–Crippen MR) is 199 cm³/mol. The number of aryl methyl sites for hydroxylation is 1. The molecule has 2 aromatic rings. The van der Waals surface area contributed by atoms with Crippen molar-refractivity contribution in [3.05, 3.63) is 30.2 Å². The standard InChI is InChI=1S/C41H71N3O4/c1-7-8-9-10-11-12-13-14-15-16-17-18-19-20-21-22-23-24-25-26-38(45)42-31-40(3,4)32-46-33-41(5,6)34-47-37-29-27-36(28-30-37)39-44-43-35(2)48-39/h27-30H,7-26,31-34H2,1-6H3,(H,42,45). The fourth-order valence-corrected chi connectivity index (χ4v) is 5.87. The summed E-state index contributed by atoms with van der Waals surface area (Å²) in [5.74, 6) is 2.00. The number of carbonyl (C=O) groups excluding carboxylic acids is 1.